The SMILES string of the molecule is ClC1=CC2=NC(Sc3ccccc3)=NC3=NC(Sc4ccccc4)=NC(=C1)N23. The van der Waals surface area contributed by atoms with Crippen molar-refractivity contribution in [3.05, 3.63) is 83.7 Å². The van der Waals surface area contributed by atoms with E-state index in [4.69, 9.17) is 11.6 Å². The standard InChI is InChI=1S/C20H12ClN5S2/c21-13-11-16-22-19(27-14-7-3-1-4-8-14)24-18-25-20(23-17(12-13)26(16)18)28-15-9-5-2-6-10-15/h1-12H. The topological polar surface area (TPSA) is 52.7 Å². The van der Waals surface area contributed by atoms with E-state index in [9.17, 15) is 0 Å². The lowest BCUT2D eigenvalue weighted by atomic mass is 10.3. The number of hydrogen-bond donors (Lipinski definition) is 0. The molecule has 0 radical (unpaired) electrons. The van der Waals surface area contributed by atoms with Crippen molar-refractivity contribution in [2.24, 2.45) is 20.0 Å². The summed E-state index contributed by atoms with van der Waals surface area (Å²) in [4.78, 5) is 22.5. The third kappa shape index (κ3) is 3.56. The van der Waals surface area contributed by atoms with Crippen molar-refractivity contribution < 1.29 is 0 Å². The van der Waals surface area contributed by atoms with Crippen molar-refractivity contribution >= 4 is 57.3 Å². The summed E-state index contributed by atoms with van der Waals surface area (Å²) in [5.74, 6) is 1.88. The third-order valence-electron chi connectivity index (χ3n) is 3.91. The van der Waals surface area contributed by atoms with E-state index in [-0.39, 0.29) is 0 Å². The van der Waals surface area contributed by atoms with Crippen LogP contribution in [-0.2, 0) is 0 Å². The molecule has 0 aliphatic carbocycles. The van der Waals surface area contributed by atoms with E-state index in [1.165, 1.54) is 23.5 Å². The largest absolute Gasteiger partial charge is 0.246 e. The van der Waals surface area contributed by atoms with Gasteiger partial charge in [-0.2, -0.15) is 9.98 Å². The first kappa shape index (κ1) is 17.5. The monoisotopic (exact) mass is 421 g/mol. The molecule has 3 heterocycles. The van der Waals surface area contributed by atoms with E-state index in [2.05, 4.69) is 20.0 Å². The quantitative estimate of drug-likeness (QED) is 0.657. The van der Waals surface area contributed by atoms with E-state index in [0.29, 0.717) is 33.0 Å². The second kappa shape index (κ2) is 7.43. The van der Waals surface area contributed by atoms with Gasteiger partial charge in [0.25, 0.3) is 0 Å². The fourth-order valence-electron chi connectivity index (χ4n) is 2.73. The molecule has 2 aromatic rings. The number of benzene rings is 2. The molecule has 0 aromatic heterocycles. The van der Waals surface area contributed by atoms with Crippen LogP contribution in [0.2, 0.25) is 0 Å². The van der Waals surface area contributed by atoms with Crippen molar-refractivity contribution in [1.82, 2.24) is 4.90 Å². The highest BCUT2D eigenvalue weighted by Gasteiger charge is 2.32. The summed E-state index contributed by atoms with van der Waals surface area (Å²) in [6.45, 7) is 0. The number of nitrogens with zero attached hydrogens (tertiary/aromatic N) is 5. The third-order valence-corrected chi connectivity index (χ3v) is 5.87. The van der Waals surface area contributed by atoms with Gasteiger partial charge in [-0.15, -0.1) is 0 Å². The summed E-state index contributed by atoms with van der Waals surface area (Å²) in [5, 5.41) is 1.80. The van der Waals surface area contributed by atoms with Crippen molar-refractivity contribution in [3.8, 4) is 0 Å². The minimum absolute atomic E-state index is 0.545. The molecule has 0 fully saturated rings. The molecular weight excluding hydrogens is 410 g/mol. The first-order valence-electron chi connectivity index (χ1n) is 8.44. The Balaban J connectivity index is 1.52. The van der Waals surface area contributed by atoms with Crippen LogP contribution in [0.25, 0.3) is 0 Å². The summed E-state index contributed by atoms with van der Waals surface area (Å²) in [6, 6.07) is 20.0. The predicted octanol–water partition coefficient (Wildman–Crippen LogP) is 5.34. The number of hydrogen-bond acceptors (Lipinski definition) is 7. The van der Waals surface area contributed by atoms with Gasteiger partial charge >= 0.3 is 0 Å². The van der Waals surface area contributed by atoms with Gasteiger partial charge in [0.15, 0.2) is 10.3 Å². The summed E-state index contributed by atoms with van der Waals surface area (Å²) in [5.41, 5.74) is 0. The Morgan fingerprint density at radius 1 is 0.679 bits per heavy atom. The van der Waals surface area contributed by atoms with Crippen LogP contribution in [-0.4, -0.2) is 27.0 Å². The molecule has 136 valence electrons. The minimum Gasteiger partial charge on any atom is -0.246 e. The van der Waals surface area contributed by atoms with Crippen molar-refractivity contribution in [3.63, 3.8) is 0 Å². The first-order chi connectivity index (χ1) is 13.7. The number of amidine groups is 3. The average molecular weight is 422 g/mol. The lowest BCUT2D eigenvalue weighted by Crippen LogP contribution is -2.41. The molecule has 0 unspecified atom stereocenters. The molecule has 0 saturated heterocycles. The number of allylic oxidation sites excluding steroid dienone is 2. The van der Waals surface area contributed by atoms with Gasteiger partial charge in [0.1, 0.15) is 11.7 Å². The molecule has 3 aliphatic heterocycles. The van der Waals surface area contributed by atoms with Gasteiger partial charge in [-0.25, -0.2) is 14.9 Å². The zero-order chi connectivity index (χ0) is 18.9. The predicted molar refractivity (Wildman–Crippen MR) is 118 cm³/mol. The van der Waals surface area contributed by atoms with E-state index < -0.39 is 0 Å². The van der Waals surface area contributed by atoms with Gasteiger partial charge in [-0.1, -0.05) is 48.0 Å². The first-order valence-corrected chi connectivity index (χ1v) is 10.5. The molecule has 28 heavy (non-hydrogen) atoms. The normalized spacial score (nSPS) is 17.5. The Hall–Kier alpha value is -2.61. The van der Waals surface area contributed by atoms with Crippen molar-refractivity contribution in [2.75, 3.05) is 0 Å². The van der Waals surface area contributed by atoms with Crippen LogP contribution in [0.4, 0.5) is 0 Å². The molecule has 5 rings (SSSR count). The van der Waals surface area contributed by atoms with Crippen molar-refractivity contribution in [2.45, 2.75) is 9.79 Å². The highest BCUT2D eigenvalue weighted by molar-refractivity contribution is 8.14. The second-order valence-electron chi connectivity index (χ2n) is 5.87. The van der Waals surface area contributed by atoms with Crippen LogP contribution in [0.1, 0.15) is 0 Å². The Morgan fingerprint density at radius 2 is 1.29 bits per heavy atom. The van der Waals surface area contributed by atoms with Crippen LogP contribution in [0.3, 0.4) is 0 Å². The van der Waals surface area contributed by atoms with Gasteiger partial charge in [0, 0.05) is 27.0 Å². The van der Waals surface area contributed by atoms with Crippen LogP contribution < -0.4 is 0 Å². The molecule has 0 N–H and O–H groups in total. The molecule has 2 aromatic carbocycles. The van der Waals surface area contributed by atoms with Gasteiger partial charge in [-0.3, -0.25) is 0 Å². The summed E-state index contributed by atoms with van der Waals surface area (Å²) in [6.07, 6.45) is 3.59. The fourth-order valence-corrected chi connectivity index (χ4v) is 4.46. The smallest absolute Gasteiger partial charge is 0.242 e. The number of guanidine groups is 1. The lowest BCUT2D eigenvalue weighted by Gasteiger charge is -2.31. The zero-order valence-corrected chi connectivity index (χ0v) is 16.7. The van der Waals surface area contributed by atoms with Crippen LogP contribution in [0.5, 0.6) is 0 Å². The summed E-state index contributed by atoms with van der Waals surface area (Å²) >= 11 is 9.29. The molecule has 0 spiro atoms. The fraction of sp³-hybridized carbons (Fsp3) is 0. The van der Waals surface area contributed by atoms with Gasteiger partial charge in [0.2, 0.25) is 5.96 Å². The molecule has 0 bridgehead atoms. The van der Waals surface area contributed by atoms with Crippen LogP contribution in [0, 0.1) is 0 Å². The summed E-state index contributed by atoms with van der Waals surface area (Å²) < 4.78 is 0. The minimum atomic E-state index is 0.545. The molecule has 0 amide bonds. The highest BCUT2D eigenvalue weighted by atomic mass is 35.5. The average Bonchev–Trinajstić information content (AvgIpc) is 2.69. The molecular formula is C20H12ClN5S2. The maximum Gasteiger partial charge on any atom is 0.242 e. The Bertz CT molecular complexity index is 1080. The Labute approximate surface area is 175 Å². The van der Waals surface area contributed by atoms with Crippen molar-refractivity contribution in [1.29, 1.82) is 0 Å². The Kier molecular flexibility index (Phi) is 4.64. The molecule has 0 saturated carbocycles. The van der Waals surface area contributed by atoms with Gasteiger partial charge in [-0.05, 0) is 47.8 Å². The molecule has 5 nitrogen and oxygen atoms in total. The highest BCUT2D eigenvalue weighted by Crippen LogP contribution is 2.32. The number of thioether (sulfide) groups is 2. The second-order valence-corrected chi connectivity index (χ2v) is 8.39. The maximum absolute atomic E-state index is 6.31. The zero-order valence-electron chi connectivity index (χ0n) is 14.4. The maximum atomic E-state index is 6.31. The number of aliphatic imine (C=N–C) groups is 4. The van der Waals surface area contributed by atoms with Crippen LogP contribution >= 0.6 is 35.1 Å². The van der Waals surface area contributed by atoms with Gasteiger partial charge < -0.3 is 0 Å². The number of rotatable bonds is 2. The molecule has 0 atom stereocenters. The molecule has 8 heteroatoms. The Morgan fingerprint density at radius 3 is 1.93 bits per heavy atom. The number of halogens is 1. The van der Waals surface area contributed by atoms with E-state index in [0.717, 1.165) is 9.79 Å². The van der Waals surface area contributed by atoms with E-state index in [1.807, 2.05) is 65.6 Å². The summed E-state index contributed by atoms with van der Waals surface area (Å²) in [7, 11) is 0. The lowest BCUT2D eigenvalue weighted by molar-refractivity contribution is 0.713. The van der Waals surface area contributed by atoms with E-state index in [1.54, 1.807) is 12.2 Å². The van der Waals surface area contributed by atoms with E-state index >= 15 is 0 Å². The molecule has 3 aliphatic rings. The van der Waals surface area contributed by atoms with Crippen LogP contribution in [0.15, 0.2) is 113 Å². The van der Waals surface area contributed by atoms with Gasteiger partial charge in [0.05, 0.1) is 0 Å².